The quantitative estimate of drug-likeness (QED) is 0.609. The van der Waals surface area contributed by atoms with Crippen molar-refractivity contribution in [2.45, 2.75) is 26.0 Å². The van der Waals surface area contributed by atoms with Crippen LogP contribution in [-0.2, 0) is 27.5 Å². The molecule has 1 aliphatic rings. The Morgan fingerprint density at radius 3 is 2.13 bits per heavy atom. The summed E-state index contributed by atoms with van der Waals surface area (Å²) in [6.45, 7) is 2.18. The smallest absolute Gasteiger partial charge is 0.259 e. The van der Waals surface area contributed by atoms with E-state index in [1.165, 1.54) is 5.06 Å². The molecule has 3 rings (SSSR count). The predicted octanol–water partition coefficient (Wildman–Crippen LogP) is 2.78. The van der Waals surface area contributed by atoms with Crippen molar-refractivity contribution >= 4 is 11.7 Å². The van der Waals surface area contributed by atoms with E-state index >= 15 is 0 Å². The van der Waals surface area contributed by atoms with Gasteiger partial charge in [-0.15, -0.1) is 0 Å². The van der Waals surface area contributed by atoms with Crippen molar-refractivity contribution < 1.29 is 14.4 Å². The van der Waals surface area contributed by atoms with Gasteiger partial charge in [-0.2, -0.15) is 0 Å². The zero-order valence-corrected chi connectivity index (χ0v) is 13.0. The van der Waals surface area contributed by atoms with Gasteiger partial charge in [0, 0.05) is 6.42 Å². The van der Waals surface area contributed by atoms with Crippen molar-refractivity contribution in [1.29, 1.82) is 0 Å². The van der Waals surface area contributed by atoms with Gasteiger partial charge in [0.15, 0.2) is 5.78 Å². The maximum atomic E-state index is 12.3. The Hall–Kier alpha value is -2.46. The summed E-state index contributed by atoms with van der Waals surface area (Å²) in [4.78, 5) is 30.1. The minimum Gasteiger partial charge on any atom is -0.298 e. The van der Waals surface area contributed by atoms with Gasteiger partial charge in [-0.25, -0.2) is 5.06 Å². The number of β-lactam (4-membered cyclic amide) rings is 1. The van der Waals surface area contributed by atoms with Crippen LogP contribution in [0.3, 0.4) is 0 Å². The lowest BCUT2D eigenvalue weighted by atomic mass is 9.84. The molecule has 0 aromatic heterocycles. The number of benzene rings is 2. The van der Waals surface area contributed by atoms with E-state index in [0.29, 0.717) is 6.61 Å². The molecule has 4 heteroatoms. The average molecular weight is 309 g/mol. The van der Waals surface area contributed by atoms with Crippen LogP contribution in [0.1, 0.15) is 18.1 Å². The summed E-state index contributed by atoms with van der Waals surface area (Å²) in [7, 11) is 0. The van der Waals surface area contributed by atoms with Gasteiger partial charge in [-0.05, 0) is 18.1 Å². The van der Waals surface area contributed by atoms with E-state index in [4.69, 9.17) is 4.84 Å². The molecular weight excluding hydrogens is 290 g/mol. The SMILES string of the molecule is CC1[C@@H](C(=O)Cc2ccccc2)C(=O)N1OCc1ccccc1. The molecule has 23 heavy (non-hydrogen) atoms. The molecule has 1 saturated heterocycles. The number of ketones is 1. The second-order valence-corrected chi connectivity index (χ2v) is 5.77. The van der Waals surface area contributed by atoms with Crippen LogP contribution >= 0.6 is 0 Å². The fourth-order valence-corrected chi connectivity index (χ4v) is 2.81. The number of nitrogens with zero attached hydrogens (tertiary/aromatic N) is 1. The summed E-state index contributed by atoms with van der Waals surface area (Å²) in [5.74, 6) is -0.881. The molecule has 0 spiro atoms. The van der Waals surface area contributed by atoms with Crippen LogP contribution in [-0.4, -0.2) is 22.8 Å². The molecule has 0 bridgehead atoms. The molecule has 2 aromatic rings. The van der Waals surface area contributed by atoms with E-state index in [9.17, 15) is 9.59 Å². The fourth-order valence-electron chi connectivity index (χ4n) is 2.81. The third-order valence-electron chi connectivity index (χ3n) is 4.12. The first kappa shape index (κ1) is 15.4. The topological polar surface area (TPSA) is 46.6 Å². The molecule has 0 N–H and O–H groups in total. The maximum absolute atomic E-state index is 12.3. The monoisotopic (exact) mass is 309 g/mol. The zero-order valence-electron chi connectivity index (χ0n) is 13.0. The maximum Gasteiger partial charge on any atom is 0.259 e. The van der Waals surface area contributed by atoms with E-state index in [1.54, 1.807) is 0 Å². The van der Waals surface area contributed by atoms with Gasteiger partial charge < -0.3 is 0 Å². The molecule has 1 heterocycles. The highest BCUT2D eigenvalue weighted by atomic mass is 16.7. The van der Waals surface area contributed by atoms with Gasteiger partial charge in [0.2, 0.25) is 0 Å². The molecule has 1 fully saturated rings. The Morgan fingerprint density at radius 2 is 1.57 bits per heavy atom. The van der Waals surface area contributed by atoms with E-state index < -0.39 is 5.92 Å². The summed E-state index contributed by atoms with van der Waals surface area (Å²) >= 11 is 0. The highest BCUT2D eigenvalue weighted by molar-refractivity contribution is 6.06. The van der Waals surface area contributed by atoms with Crippen LogP contribution in [0, 0.1) is 5.92 Å². The molecule has 2 aromatic carbocycles. The highest BCUT2D eigenvalue weighted by Crippen LogP contribution is 2.29. The fraction of sp³-hybridized carbons (Fsp3) is 0.263. The molecular formula is C19H19NO3. The summed E-state index contributed by atoms with van der Waals surface area (Å²) in [6.07, 6.45) is 0.286. The molecule has 2 atom stereocenters. The lowest BCUT2D eigenvalue weighted by Crippen LogP contribution is -2.62. The van der Waals surface area contributed by atoms with Gasteiger partial charge in [0.1, 0.15) is 12.5 Å². The van der Waals surface area contributed by atoms with Gasteiger partial charge in [-0.3, -0.25) is 14.4 Å². The van der Waals surface area contributed by atoms with E-state index in [-0.39, 0.29) is 24.2 Å². The molecule has 0 radical (unpaired) electrons. The number of hydroxylamine groups is 2. The van der Waals surface area contributed by atoms with Crippen LogP contribution in [0.15, 0.2) is 60.7 Å². The minimum absolute atomic E-state index is 0.0479. The van der Waals surface area contributed by atoms with E-state index in [0.717, 1.165) is 11.1 Å². The first-order valence-corrected chi connectivity index (χ1v) is 7.73. The summed E-state index contributed by atoms with van der Waals surface area (Å²) in [5.41, 5.74) is 1.92. The summed E-state index contributed by atoms with van der Waals surface area (Å²) in [5, 5.41) is 1.32. The standard InChI is InChI=1S/C19H19NO3/c1-14-18(17(21)12-15-8-4-2-5-9-15)19(22)20(14)23-13-16-10-6-3-7-11-16/h2-11,14,18H,12-13H2,1H3/t14?,18-/m0/s1. The van der Waals surface area contributed by atoms with Crippen LogP contribution in [0.25, 0.3) is 0 Å². The third kappa shape index (κ3) is 3.32. The molecule has 1 unspecified atom stereocenters. The average Bonchev–Trinajstić information content (AvgIpc) is 2.57. The first-order chi connectivity index (χ1) is 11.2. The Bertz CT molecular complexity index is 684. The Kier molecular flexibility index (Phi) is 4.53. The number of carbonyl (C=O) groups excluding carboxylic acids is 2. The van der Waals surface area contributed by atoms with E-state index in [1.807, 2.05) is 67.6 Å². The summed E-state index contributed by atoms with van der Waals surface area (Å²) < 4.78 is 0. The largest absolute Gasteiger partial charge is 0.298 e. The van der Waals surface area contributed by atoms with Crippen molar-refractivity contribution in [3.05, 3.63) is 71.8 Å². The number of carbonyl (C=O) groups is 2. The summed E-state index contributed by atoms with van der Waals surface area (Å²) in [6, 6.07) is 18.9. The van der Waals surface area contributed by atoms with Gasteiger partial charge in [-0.1, -0.05) is 60.7 Å². The highest BCUT2D eigenvalue weighted by Gasteiger charge is 2.49. The number of rotatable bonds is 6. The second kappa shape index (κ2) is 6.75. The van der Waals surface area contributed by atoms with Crippen molar-refractivity contribution in [2.24, 2.45) is 5.92 Å². The first-order valence-electron chi connectivity index (χ1n) is 7.73. The lowest BCUT2D eigenvalue weighted by Gasteiger charge is -2.42. The molecule has 1 amide bonds. The van der Waals surface area contributed by atoms with Crippen molar-refractivity contribution in [3.8, 4) is 0 Å². The second-order valence-electron chi connectivity index (χ2n) is 5.77. The van der Waals surface area contributed by atoms with Crippen LogP contribution in [0.5, 0.6) is 0 Å². The van der Waals surface area contributed by atoms with E-state index in [2.05, 4.69) is 0 Å². The van der Waals surface area contributed by atoms with Crippen LogP contribution in [0.4, 0.5) is 0 Å². The molecule has 1 aliphatic heterocycles. The minimum atomic E-state index is -0.592. The van der Waals surface area contributed by atoms with Crippen molar-refractivity contribution in [1.82, 2.24) is 5.06 Å². The van der Waals surface area contributed by atoms with Crippen molar-refractivity contribution in [2.75, 3.05) is 0 Å². The normalized spacial score (nSPS) is 20.2. The Balaban J connectivity index is 1.55. The number of Topliss-reactive ketones (excluding diaryl/α,β-unsaturated/α-hetero) is 1. The van der Waals surface area contributed by atoms with Gasteiger partial charge in [0.25, 0.3) is 5.91 Å². The predicted molar refractivity (Wildman–Crippen MR) is 86.2 cm³/mol. The van der Waals surface area contributed by atoms with Crippen LogP contribution < -0.4 is 0 Å². The Morgan fingerprint density at radius 1 is 1.00 bits per heavy atom. The molecule has 4 nitrogen and oxygen atoms in total. The van der Waals surface area contributed by atoms with Gasteiger partial charge in [0.05, 0.1) is 6.04 Å². The molecule has 0 saturated carbocycles. The zero-order chi connectivity index (χ0) is 16.2. The van der Waals surface area contributed by atoms with Crippen LogP contribution in [0.2, 0.25) is 0 Å². The number of hydrogen-bond acceptors (Lipinski definition) is 3. The molecule has 118 valence electrons. The number of hydrogen-bond donors (Lipinski definition) is 0. The van der Waals surface area contributed by atoms with Gasteiger partial charge >= 0.3 is 0 Å². The number of amides is 1. The molecule has 0 aliphatic carbocycles. The van der Waals surface area contributed by atoms with Crippen molar-refractivity contribution in [3.63, 3.8) is 0 Å². The Labute approximate surface area is 135 Å². The lowest BCUT2D eigenvalue weighted by molar-refractivity contribution is -0.243. The third-order valence-corrected chi connectivity index (χ3v) is 4.12.